The number of aliphatic carboxylic acids is 1. The highest BCUT2D eigenvalue weighted by molar-refractivity contribution is 7.92. The SMILES string of the molecule is COc1cc(Cl)cc(-c2ccc3c(c2)N(S(=O)(=O)c2cccc(C)c2)C[C@H](CC2(C(=O)O)CCOCC2)O3)c1. The largest absolute Gasteiger partial charge is 0.497 e. The summed E-state index contributed by atoms with van der Waals surface area (Å²) in [6.07, 6.45) is 0.186. The van der Waals surface area contributed by atoms with Gasteiger partial charge in [-0.2, -0.15) is 0 Å². The average molecular weight is 572 g/mol. The van der Waals surface area contributed by atoms with E-state index in [1.165, 1.54) is 4.31 Å². The van der Waals surface area contributed by atoms with Crippen LogP contribution in [-0.4, -0.2) is 52.5 Å². The maximum atomic E-state index is 14.0. The number of methoxy groups -OCH3 is 1. The normalized spacial score (nSPS) is 18.6. The predicted octanol–water partition coefficient (Wildman–Crippen LogP) is 5.55. The van der Waals surface area contributed by atoms with Crippen molar-refractivity contribution in [1.29, 1.82) is 0 Å². The van der Waals surface area contributed by atoms with Crippen LogP contribution in [0.1, 0.15) is 24.8 Å². The molecular weight excluding hydrogens is 542 g/mol. The first-order chi connectivity index (χ1) is 18.6. The van der Waals surface area contributed by atoms with Crippen molar-refractivity contribution in [3.8, 4) is 22.6 Å². The molecule has 2 heterocycles. The molecule has 39 heavy (non-hydrogen) atoms. The summed E-state index contributed by atoms with van der Waals surface area (Å²) in [6, 6.07) is 17.3. The van der Waals surface area contributed by atoms with Gasteiger partial charge in [0.05, 0.1) is 29.7 Å². The molecule has 5 rings (SSSR count). The summed E-state index contributed by atoms with van der Waals surface area (Å²) >= 11 is 6.30. The van der Waals surface area contributed by atoms with Gasteiger partial charge in [0, 0.05) is 24.7 Å². The van der Waals surface area contributed by atoms with Gasteiger partial charge in [-0.15, -0.1) is 0 Å². The highest BCUT2D eigenvalue weighted by Gasteiger charge is 2.45. The molecule has 0 aliphatic carbocycles. The van der Waals surface area contributed by atoms with Crippen molar-refractivity contribution in [2.75, 3.05) is 31.2 Å². The van der Waals surface area contributed by atoms with E-state index < -0.39 is 27.5 Å². The Hall–Kier alpha value is -3.27. The van der Waals surface area contributed by atoms with Gasteiger partial charge in [-0.05, 0) is 78.9 Å². The Kier molecular flexibility index (Phi) is 7.50. The number of carbonyl (C=O) groups is 1. The minimum absolute atomic E-state index is 0.0263. The molecule has 1 N–H and O–H groups in total. The molecule has 3 aromatic carbocycles. The summed E-state index contributed by atoms with van der Waals surface area (Å²) in [5, 5.41) is 10.6. The zero-order valence-corrected chi connectivity index (χ0v) is 23.3. The smallest absolute Gasteiger partial charge is 0.309 e. The molecular formula is C29H30ClNO7S. The van der Waals surface area contributed by atoms with Crippen molar-refractivity contribution in [3.63, 3.8) is 0 Å². The third kappa shape index (κ3) is 5.44. The number of fused-ring (bicyclic) bond motifs is 1. The van der Waals surface area contributed by atoms with Crippen molar-refractivity contribution in [2.45, 2.75) is 37.2 Å². The van der Waals surface area contributed by atoms with Crippen LogP contribution in [0.4, 0.5) is 5.69 Å². The summed E-state index contributed by atoms with van der Waals surface area (Å²) < 4.78 is 46.5. The van der Waals surface area contributed by atoms with Gasteiger partial charge in [-0.25, -0.2) is 8.42 Å². The summed E-state index contributed by atoms with van der Waals surface area (Å²) in [7, 11) is -2.45. The van der Waals surface area contributed by atoms with Crippen LogP contribution in [0, 0.1) is 12.3 Å². The molecule has 0 amide bonds. The molecule has 0 aromatic heterocycles. The molecule has 1 atom stereocenters. The fourth-order valence-electron chi connectivity index (χ4n) is 5.28. The summed E-state index contributed by atoms with van der Waals surface area (Å²) in [5.74, 6) is 0.0255. The van der Waals surface area contributed by atoms with E-state index in [0.29, 0.717) is 48.3 Å². The van der Waals surface area contributed by atoms with E-state index in [-0.39, 0.29) is 17.9 Å². The lowest BCUT2D eigenvalue weighted by Crippen LogP contribution is -2.48. The number of ether oxygens (including phenoxy) is 3. The van der Waals surface area contributed by atoms with Gasteiger partial charge in [0.25, 0.3) is 10.0 Å². The third-order valence-electron chi connectivity index (χ3n) is 7.43. The molecule has 8 nitrogen and oxygen atoms in total. The lowest BCUT2D eigenvalue weighted by atomic mass is 9.75. The number of hydrogen-bond donors (Lipinski definition) is 1. The van der Waals surface area contributed by atoms with Gasteiger partial charge in [-0.3, -0.25) is 9.10 Å². The fourth-order valence-corrected chi connectivity index (χ4v) is 7.11. The second-order valence-electron chi connectivity index (χ2n) is 10.1. The van der Waals surface area contributed by atoms with E-state index in [1.807, 2.05) is 25.1 Å². The molecule has 10 heteroatoms. The van der Waals surface area contributed by atoms with Gasteiger partial charge < -0.3 is 19.3 Å². The van der Waals surface area contributed by atoms with Gasteiger partial charge in [0.1, 0.15) is 17.6 Å². The van der Waals surface area contributed by atoms with E-state index in [1.54, 1.807) is 49.6 Å². The van der Waals surface area contributed by atoms with Gasteiger partial charge in [0.2, 0.25) is 0 Å². The van der Waals surface area contributed by atoms with E-state index in [9.17, 15) is 18.3 Å². The number of rotatable bonds is 7. The highest BCUT2D eigenvalue weighted by atomic mass is 35.5. The zero-order valence-electron chi connectivity index (χ0n) is 21.7. The maximum Gasteiger partial charge on any atom is 0.309 e. The van der Waals surface area contributed by atoms with Crippen LogP contribution in [0.25, 0.3) is 11.1 Å². The molecule has 3 aromatic rings. The van der Waals surface area contributed by atoms with E-state index >= 15 is 0 Å². The number of sulfonamides is 1. The number of carboxylic acids is 1. The van der Waals surface area contributed by atoms with E-state index in [2.05, 4.69) is 0 Å². The highest BCUT2D eigenvalue weighted by Crippen LogP contribution is 2.44. The number of aryl methyl sites for hydroxylation is 1. The lowest BCUT2D eigenvalue weighted by Gasteiger charge is -2.40. The van der Waals surface area contributed by atoms with E-state index in [0.717, 1.165) is 16.7 Å². The average Bonchev–Trinajstić information content (AvgIpc) is 2.92. The molecule has 0 unspecified atom stereocenters. The Balaban J connectivity index is 1.59. The number of carboxylic acid groups (broad SMARTS) is 1. The van der Waals surface area contributed by atoms with Crippen LogP contribution in [0.15, 0.2) is 65.6 Å². The van der Waals surface area contributed by atoms with Crippen LogP contribution >= 0.6 is 11.6 Å². The van der Waals surface area contributed by atoms with Crippen molar-refractivity contribution in [1.82, 2.24) is 0 Å². The number of hydrogen-bond acceptors (Lipinski definition) is 6. The second-order valence-corrected chi connectivity index (χ2v) is 12.4. The molecule has 1 saturated heterocycles. The summed E-state index contributed by atoms with van der Waals surface area (Å²) in [5.41, 5.74) is 1.63. The Morgan fingerprint density at radius 3 is 2.56 bits per heavy atom. The van der Waals surface area contributed by atoms with Crippen LogP contribution in [0.3, 0.4) is 0 Å². The molecule has 0 saturated carbocycles. The topological polar surface area (TPSA) is 102 Å². The van der Waals surface area contributed by atoms with Crippen molar-refractivity contribution >= 4 is 33.3 Å². The molecule has 1 fully saturated rings. The minimum Gasteiger partial charge on any atom is -0.497 e. The summed E-state index contributed by atoms with van der Waals surface area (Å²) in [4.78, 5) is 12.5. The number of anilines is 1. The molecule has 2 aliphatic heterocycles. The second kappa shape index (κ2) is 10.7. The molecule has 2 aliphatic rings. The quantitative estimate of drug-likeness (QED) is 0.396. The first-order valence-electron chi connectivity index (χ1n) is 12.7. The number of halogens is 1. The summed E-state index contributed by atoms with van der Waals surface area (Å²) in [6.45, 7) is 2.49. The minimum atomic E-state index is -4.00. The fraction of sp³-hybridized carbons (Fsp3) is 0.345. The van der Waals surface area contributed by atoms with Gasteiger partial charge in [0.15, 0.2) is 0 Å². The number of benzene rings is 3. The van der Waals surface area contributed by atoms with Gasteiger partial charge in [-0.1, -0.05) is 29.8 Å². The third-order valence-corrected chi connectivity index (χ3v) is 9.42. The van der Waals surface area contributed by atoms with Crippen LogP contribution in [-0.2, 0) is 19.6 Å². The molecule has 206 valence electrons. The Labute approximate surface area is 233 Å². The van der Waals surface area contributed by atoms with E-state index in [4.69, 9.17) is 25.8 Å². The zero-order chi connectivity index (χ0) is 27.8. The molecule has 0 radical (unpaired) electrons. The van der Waals surface area contributed by atoms with Crippen LogP contribution in [0.5, 0.6) is 11.5 Å². The van der Waals surface area contributed by atoms with Crippen molar-refractivity contribution in [3.05, 3.63) is 71.2 Å². The van der Waals surface area contributed by atoms with Gasteiger partial charge >= 0.3 is 5.97 Å². The Morgan fingerprint density at radius 2 is 1.87 bits per heavy atom. The van der Waals surface area contributed by atoms with Crippen LogP contribution in [0.2, 0.25) is 5.02 Å². The standard InChI is InChI=1S/C29H30ClNO7S/c1-19-4-3-5-25(12-19)39(34,35)31-18-24(17-29(28(32)33)8-10-37-11-9-29)38-27-7-6-20(15-26(27)31)21-13-22(30)16-23(14-21)36-2/h3-7,12-16,24H,8-11,17-18H2,1-2H3,(H,32,33)/t24-/m0/s1. The van der Waals surface area contributed by atoms with Crippen molar-refractivity contribution < 1.29 is 32.5 Å². The van der Waals surface area contributed by atoms with Crippen molar-refractivity contribution in [2.24, 2.45) is 5.41 Å². The Bertz CT molecular complexity index is 1500. The number of nitrogens with zero attached hydrogens (tertiary/aromatic N) is 1. The molecule has 0 spiro atoms. The van der Waals surface area contributed by atoms with Crippen LogP contribution < -0.4 is 13.8 Å². The monoisotopic (exact) mass is 571 g/mol. The predicted molar refractivity (Wildman–Crippen MR) is 148 cm³/mol. The Morgan fingerprint density at radius 1 is 1.10 bits per heavy atom. The first-order valence-corrected chi connectivity index (χ1v) is 14.5. The first kappa shape index (κ1) is 27.3. The maximum absolute atomic E-state index is 14.0. The lowest BCUT2D eigenvalue weighted by molar-refractivity contribution is -0.157. The molecule has 0 bridgehead atoms.